The van der Waals surface area contributed by atoms with E-state index >= 15 is 0 Å². The number of benzene rings is 1. The molecule has 3 rings (SSSR count). The zero-order valence-electron chi connectivity index (χ0n) is 19.7. The molecule has 0 spiro atoms. The number of rotatable bonds is 7. The Kier molecular flexibility index (Phi) is 7.16. The van der Waals surface area contributed by atoms with Gasteiger partial charge >= 0.3 is 5.97 Å². The normalized spacial score (nSPS) is 23.7. The maximum atomic E-state index is 12.3. The number of carbonyl (C=O) groups excluding carboxylic acids is 1. The van der Waals surface area contributed by atoms with Gasteiger partial charge in [-0.15, -0.1) is 0 Å². The Hall–Kier alpha value is -1.16. The summed E-state index contributed by atoms with van der Waals surface area (Å²) in [6.45, 7) is 13.2. The second-order valence-electron chi connectivity index (χ2n) is 11.3. The monoisotopic (exact) mass is 432 g/mol. The van der Waals surface area contributed by atoms with Crippen LogP contribution in [0.2, 0.25) is 0 Å². The van der Waals surface area contributed by atoms with Crippen LogP contribution in [-0.2, 0) is 26.8 Å². The highest BCUT2D eigenvalue weighted by Gasteiger charge is 2.39. The number of phenols is 1. The Morgan fingerprint density at radius 2 is 1.70 bits per heavy atom. The number of hydrogen-bond acceptors (Lipinski definition) is 4. The summed E-state index contributed by atoms with van der Waals surface area (Å²) in [7, 11) is 0. The molecule has 2 aliphatic rings. The van der Waals surface area contributed by atoms with E-state index in [-0.39, 0.29) is 16.8 Å². The molecule has 0 amide bonds. The summed E-state index contributed by atoms with van der Waals surface area (Å²) in [5.74, 6) is 3.07. The van der Waals surface area contributed by atoms with Crippen molar-refractivity contribution in [2.75, 3.05) is 12.4 Å². The molecule has 3 unspecified atom stereocenters. The van der Waals surface area contributed by atoms with Gasteiger partial charge in [0.05, 0.1) is 0 Å². The van der Waals surface area contributed by atoms with Gasteiger partial charge in [0, 0.05) is 17.4 Å². The SMILES string of the molecule is CC(C)(C)c1cc(CCC(=O)OCCSC2CC3CCC2C3)cc(C(C)(C)C)c1O. The Bertz CT molecular complexity index is 722. The molecule has 2 saturated carbocycles. The number of aromatic hydroxyl groups is 1. The van der Waals surface area contributed by atoms with Gasteiger partial charge in [-0.25, -0.2) is 0 Å². The van der Waals surface area contributed by atoms with Crippen molar-refractivity contribution in [3.8, 4) is 5.75 Å². The molecular weight excluding hydrogens is 392 g/mol. The molecule has 0 aromatic heterocycles. The zero-order chi connectivity index (χ0) is 22.1. The third-order valence-corrected chi connectivity index (χ3v) is 8.16. The molecule has 4 heteroatoms. The second kappa shape index (κ2) is 9.14. The van der Waals surface area contributed by atoms with Gasteiger partial charge in [0.15, 0.2) is 0 Å². The molecule has 30 heavy (non-hydrogen) atoms. The molecule has 0 saturated heterocycles. The lowest BCUT2D eigenvalue weighted by molar-refractivity contribution is -0.142. The zero-order valence-corrected chi connectivity index (χ0v) is 20.5. The van der Waals surface area contributed by atoms with Crippen LogP contribution >= 0.6 is 11.8 Å². The number of thioether (sulfide) groups is 1. The number of esters is 1. The molecule has 2 bridgehead atoms. The van der Waals surface area contributed by atoms with Crippen LogP contribution in [0, 0.1) is 11.8 Å². The molecule has 3 nitrogen and oxygen atoms in total. The van der Waals surface area contributed by atoms with Crippen LogP contribution in [-0.4, -0.2) is 28.7 Å². The number of ether oxygens (including phenoxy) is 1. The summed E-state index contributed by atoms with van der Waals surface area (Å²) in [4.78, 5) is 12.3. The fourth-order valence-electron chi connectivity index (χ4n) is 5.05. The Morgan fingerprint density at radius 3 is 2.20 bits per heavy atom. The van der Waals surface area contributed by atoms with Crippen molar-refractivity contribution in [3.63, 3.8) is 0 Å². The van der Waals surface area contributed by atoms with Gasteiger partial charge in [-0.3, -0.25) is 4.79 Å². The van der Waals surface area contributed by atoms with E-state index in [1.165, 1.54) is 25.7 Å². The quantitative estimate of drug-likeness (QED) is 0.401. The molecule has 0 radical (unpaired) electrons. The van der Waals surface area contributed by atoms with E-state index in [1.807, 2.05) is 11.8 Å². The summed E-state index contributed by atoms with van der Waals surface area (Å²) < 4.78 is 5.51. The topological polar surface area (TPSA) is 46.5 Å². The summed E-state index contributed by atoms with van der Waals surface area (Å²) in [6.07, 6.45) is 6.67. The summed E-state index contributed by atoms with van der Waals surface area (Å²) in [5, 5.41) is 11.6. The Morgan fingerprint density at radius 1 is 1.07 bits per heavy atom. The molecule has 2 aliphatic carbocycles. The van der Waals surface area contributed by atoms with E-state index in [1.54, 1.807) is 0 Å². The first-order valence-corrected chi connectivity index (χ1v) is 12.6. The van der Waals surface area contributed by atoms with Crippen molar-refractivity contribution < 1.29 is 14.6 Å². The molecule has 0 aliphatic heterocycles. The fourth-order valence-corrected chi connectivity index (χ4v) is 6.46. The van der Waals surface area contributed by atoms with Gasteiger partial charge in [-0.2, -0.15) is 11.8 Å². The smallest absolute Gasteiger partial charge is 0.306 e. The molecule has 0 heterocycles. The molecule has 2 fully saturated rings. The average molecular weight is 433 g/mol. The molecule has 3 atom stereocenters. The number of aryl methyl sites for hydroxylation is 1. The fraction of sp³-hybridized carbons (Fsp3) is 0.731. The van der Waals surface area contributed by atoms with Crippen LogP contribution in [0.15, 0.2) is 12.1 Å². The van der Waals surface area contributed by atoms with E-state index in [0.29, 0.717) is 25.2 Å². The van der Waals surface area contributed by atoms with Crippen molar-refractivity contribution in [2.24, 2.45) is 11.8 Å². The highest BCUT2D eigenvalue weighted by molar-refractivity contribution is 7.99. The second-order valence-corrected chi connectivity index (χ2v) is 12.7. The number of carbonyl (C=O) groups is 1. The van der Waals surface area contributed by atoms with E-state index < -0.39 is 0 Å². The van der Waals surface area contributed by atoms with Crippen LogP contribution in [0.5, 0.6) is 5.75 Å². The van der Waals surface area contributed by atoms with Crippen molar-refractivity contribution in [1.82, 2.24) is 0 Å². The first kappa shape index (κ1) is 23.5. The van der Waals surface area contributed by atoms with Gasteiger partial charge in [-0.1, -0.05) is 60.1 Å². The summed E-state index contributed by atoms with van der Waals surface area (Å²) in [6, 6.07) is 4.12. The van der Waals surface area contributed by atoms with Crippen molar-refractivity contribution >= 4 is 17.7 Å². The van der Waals surface area contributed by atoms with Crippen molar-refractivity contribution in [3.05, 3.63) is 28.8 Å². The first-order valence-electron chi connectivity index (χ1n) is 11.6. The molecule has 1 aromatic carbocycles. The predicted molar refractivity (Wildman–Crippen MR) is 126 cm³/mol. The number of phenolic OH excluding ortho intramolecular Hbond substituents is 1. The van der Waals surface area contributed by atoms with Crippen molar-refractivity contribution in [1.29, 1.82) is 0 Å². The third kappa shape index (κ3) is 5.75. The van der Waals surface area contributed by atoms with E-state index in [2.05, 4.69) is 53.7 Å². The van der Waals surface area contributed by atoms with E-state index in [0.717, 1.165) is 39.5 Å². The van der Waals surface area contributed by atoms with Gasteiger partial charge in [0.1, 0.15) is 12.4 Å². The standard InChI is InChI=1S/C26H40O3S/c1-25(2,3)20-14-18(15-21(24(20)28)26(4,5)6)8-10-23(27)29-11-12-30-22-16-17-7-9-19(22)13-17/h14-15,17,19,22,28H,7-13,16H2,1-6H3. The van der Waals surface area contributed by atoms with Crippen molar-refractivity contribution in [2.45, 2.75) is 96.1 Å². The minimum absolute atomic E-state index is 0.119. The van der Waals surface area contributed by atoms with Gasteiger partial charge in [0.2, 0.25) is 0 Å². The van der Waals surface area contributed by atoms with E-state index in [9.17, 15) is 9.90 Å². The molecule has 1 aromatic rings. The highest BCUT2D eigenvalue weighted by atomic mass is 32.2. The molecular formula is C26H40O3S. The largest absolute Gasteiger partial charge is 0.507 e. The van der Waals surface area contributed by atoms with Gasteiger partial charge < -0.3 is 9.84 Å². The maximum absolute atomic E-state index is 12.3. The number of fused-ring (bicyclic) bond motifs is 2. The number of hydrogen-bond donors (Lipinski definition) is 1. The van der Waals surface area contributed by atoms with Crippen LogP contribution < -0.4 is 0 Å². The molecule has 168 valence electrons. The van der Waals surface area contributed by atoms with Crippen LogP contribution in [0.25, 0.3) is 0 Å². The van der Waals surface area contributed by atoms with Crippen LogP contribution in [0.4, 0.5) is 0 Å². The highest BCUT2D eigenvalue weighted by Crippen LogP contribution is 2.49. The van der Waals surface area contributed by atoms with Crippen LogP contribution in [0.3, 0.4) is 0 Å². The molecule has 1 N–H and O–H groups in total. The average Bonchev–Trinajstić information content (AvgIpc) is 3.25. The summed E-state index contributed by atoms with van der Waals surface area (Å²) >= 11 is 2.01. The lowest BCUT2D eigenvalue weighted by Crippen LogP contribution is -2.18. The van der Waals surface area contributed by atoms with Gasteiger partial charge in [-0.05, 0) is 65.0 Å². The third-order valence-electron chi connectivity index (χ3n) is 6.76. The van der Waals surface area contributed by atoms with Crippen LogP contribution in [0.1, 0.15) is 90.3 Å². The van der Waals surface area contributed by atoms with Gasteiger partial charge in [0.25, 0.3) is 0 Å². The Balaban J connectivity index is 1.51. The minimum atomic E-state index is -0.155. The van der Waals surface area contributed by atoms with E-state index in [4.69, 9.17) is 4.74 Å². The lowest BCUT2D eigenvalue weighted by Gasteiger charge is -2.28. The summed E-state index contributed by atoms with van der Waals surface area (Å²) in [5.41, 5.74) is 2.67. The predicted octanol–water partition coefficient (Wildman–Crippen LogP) is 6.38. The Labute approximate surface area is 187 Å². The minimum Gasteiger partial charge on any atom is -0.507 e. The maximum Gasteiger partial charge on any atom is 0.306 e. The lowest BCUT2D eigenvalue weighted by atomic mass is 9.78. The first-order chi connectivity index (χ1) is 13.9.